The predicted octanol–water partition coefficient (Wildman–Crippen LogP) is 1.41. The molecule has 0 aromatic heterocycles. The summed E-state index contributed by atoms with van der Waals surface area (Å²) in [6.45, 7) is 1.72. The number of sulfone groups is 1. The van der Waals surface area contributed by atoms with Gasteiger partial charge < -0.3 is 5.11 Å². The molecule has 0 amide bonds. The molecule has 1 aromatic rings. The van der Waals surface area contributed by atoms with E-state index in [1.807, 2.05) is 6.07 Å². The molecular weight excluding hydrogens is 238 g/mol. The third kappa shape index (κ3) is 3.29. The normalized spacial score (nSPS) is 14.9. The molecule has 1 rings (SSSR count). The molecule has 0 heterocycles. The summed E-state index contributed by atoms with van der Waals surface area (Å²) >= 11 is 0. The largest absolute Gasteiger partial charge is 0.391 e. The van der Waals surface area contributed by atoms with Crippen LogP contribution in [-0.4, -0.2) is 25.9 Å². The summed E-state index contributed by atoms with van der Waals surface area (Å²) in [5.74, 6) is 0. The molecule has 0 spiro atoms. The van der Waals surface area contributed by atoms with Crippen molar-refractivity contribution in [1.82, 2.24) is 0 Å². The Labute approximate surface area is 101 Å². The molecule has 17 heavy (non-hydrogen) atoms. The number of hydrogen-bond acceptors (Lipinski definition) is 4. The molecule has 0 radical (unpaired) electrons. The maximum Gasteiger partial charge on any atom is 0.157 e. The first-order chi connectivity index (χ1) is 7.90. The number of aliphatic hydroxyl groups excluding tert-OH is 1. The quantitative estimate of drug-likeness (QED) is 0.880. The fourth-order valence-corrected chi connectivity index (χ4v) is 3.16. The van der Waals surface area contributed by atoms with Crippen molar-refractivity contribution in [2.45, 2.75) is 24.7 Å². The van der Waals surface area contributed by atoms with Crippen LogP contribution in [0.25, 0.3) is 0 Å². The van der Waals surface area contributed by atoms with Crippen LogP contribution in [0.15, 0.2) is 24.3 Å². The second kappa shape index (κ2) is 5.30. The first kappa shape index (κ1) is 13.7. The number of rotatable bonds is 4. The van der Waals surface area contributed by atoms with Gasteiger partial charge in [0, 0.05) is 6.26 Å². The van der Waals surface area contributed by atoms with E-state index in [-0.39, 0.29) is 0 Å². The Morgan fingerprint density at radius 2 is 2.12 bits per heavy atom. The van der Waals surface area contributed by atoms with Gasteiger partial charge in [-0.3, -0.25) is 0 Å². The highest BCUT2D eigenvalue weighted by Crippen LogP contribution is 2.27. The maximum atomic E-state index is 11.7. The molecule has 1 aromatic carbocycles. The van der Waals surface area contributed by atoms with E-state index in [0.717, 1.165) is 6.26 Å². The van der Waals surface area contributed by atoms with Crippen LogP contribution in [-0.2, 0) is 9.84 Å². The van der Waals surface area contributed by atoms with E-state index in [2.05, 4.69) is 0 Å². The number of hydrogen-bond donors (Lipinski definition) is 1. The van der Waals surface area contributed by atoms with Gasteiger partial charge in [-0.25, -0.2) is 8.42 Å². The van der Waals surface area contributed by atoms with Crippen LogP contribution < -0.4 is 0 Å². The minimum Gasteiger partial charge on any atom is -0.391 e. The van der Waals surface area contributed by atoms with Crippen molar-refractivity contribution in [3.8, 4) is 6.07 Å². The SMILES string of the molecule is CCC(O)C(c1cccc(C#N)c1)S(C)(=O)=O. The molecule has 5 heteroatoms. The number of nitriles is 1. The molecule has 4 nitrogen and oxygen atoms in total. The lowest BCUT2D eigenvalue weighted by Crippen LogP contribution is -2.25. The summed E-state index contributed by atoms with van der Waals surface area (Å²) in [6.07, 6.45) is 0.475. The molecule has 0 bridgehead atoms. The second-order valence-electron chi connectivity index (χ2n) is 3.96. The van der Waals surface area contributed by atoms with E-state index in [1.54, 1.807) is 25.1 Å². The van der Waals surface area contributed by atoms with Crippen LogP contribution in [0.3, 0.4) is 0 Å². The molecule has 1 N–H and O–H groups in total. The highest BCUT2D eigenvalue weighted by molar-refractivity contribution is 7.91. The third-order valence-electron chi connectivity index (χ3n) is 2.57. The maximum absolute atomic E-state index is 11.7. The van der Waals surface area contributed by atoms with E-state index in [4.69, 9.17) is 5.26 Å². The molecule has 0 aliphatic rings. The van der Waals surface area contributed by atoms with Crippen LogP contribution in [0, 0.1) is 11.3 Å². The zero-order valence-electron chi connectivity index (χ0n) is 9.79. The Kier molecular flexibility index (Phi) is 4.27. The number of nitrogens with zero attached hydrogens (tertiary/aromatic N) is 1. The smallest absolute Gasteiger partial charge is 0.157 e. The molecule has 0 saturated carbocycles. The van der Waals surface area contributed by atoms with Crippen LogP contribution in [0.5, 0.6) is 0 Å². The first-order valence-electron chi connectivity index (χ1n) is 5.27. The van der Waals surface area contributed by atoms with Gasteiger partial charge in [-0.15, -0.1) is 0 Å². The predicted molar refractivity (Wildman–Crippen MR) is 65.0 cm³/mol. The Morgan fingerprint density at radius 3 is 2.59 bits per heavy atom. The van der Waals surface area contributed by atoms with Crippen molar-refractivity contribution >= 4 is 9.84 Å². The third-order valence-corrected chi connectivity index (χ3v) is 4.08. The van der Waals surface area contributed by atoms with Crippen LogP contribution in [0.1, 0.15) is 29.7 Å². The Balaban J connectivity index is 3.28. The summed E-state index contributed by atoms with van der Waals surface area (Å²) in [5, 5.41) is 17.6. The molecule has 0 saturated heterocycles. The molecule has 0 aliphatic heterocycles. The van der Waals surface area contributed by atoms with E-state index in [1.165, 1.54) is 6.07 Å². The van der Waals surface area contributed by atoms with E-state index in [9.17, 15) is 13.5 Å². The summed E-state index contributed by atoms with van der Waals surface area (Å²) in [5.41, 5.74) is 0.848. The fraction of sp³-hybridized carbons (Fsp3) is 0.417. The van der Waals surface area contributed by atoms with Gasteiger partial charge in [-0.1, -0.05) is 19.1 Å². The number of benzene rings is 1. The summed E-state index contributed by atoms with van der Waals surface area (Å²) < 4.78 is 23.4. The average molecular weight is 253 g/mol. The van der Waals surface area contributed by atoms with Gasteiger partial charge in [-0.05, 0) is 24.1 Å². The van der Waals surface area contributed by atoms with Crippen LogP contribution in [0.4, 0.5) is 0 Å². The van der Waals surface area contributed by atoms with Gasteiger partial charge in [0.05, 0.1) is 17.7 Å². The van der Waals surface area contributed by atoms with Crippen LogP contribution in [0.2, 0.25) is 0 Å². The van der Waals surface area contributed by atoms with Crippen molar-refractivity contribution in [1.29, 1.82) is 5.26 Å². The summed E-state index contributed by atoms with van der Waals surface area (Å²) in [4.78, 5) is 0. The Hall–Kier alpha value is -1.38. The van der Waals surface area contributed by atoms with Crippen LogP contribution >= 0.6 is 0 Å². The summed E-state index contributed by atoms with van der Waals surface area (Å²) in [7, 11) is -3.41. The molecule has 0 aliphatic carbocycles. The van der Waals surface area contributed by atoms with Gasteiger partial charge in [0.15, 0.2) is 9.84 Å². The van der Waals surface area contributed by atoms with E-state index < -0.39 is 21.2 Å². The van der Waals surface area contributed by atoms with Crippen molar-refractivity contribution in [2.75, 3.05) is 6.26 Å². The van der Waals surface area contributed by atoms with Gasteiger partial charge in [0.1, 0.15) is 5.25 Å². The topological polar surface area (TPSA) is 78.2 Å². The van der Waals surface area contributed by atoms with E-state index in [0.29, 0.717) is 17.5 Å². The molecule has 2 unspecified atom stereocenters. The van der Waals surface area contributed by atoms with Crippen molar-refractivity contribution in [2.24, 2.45) is 0 Å². The lowest BCUT2D eigenvalue weighted by atomic mass is 10.0. The molecular formula is C12H15NO3S. The standard InChI is InChI=1S/C12H15NO3S/c1-3-11(14)12(17(2,15)16)10-6-4-5-9(7-10)8-13/h4-7,11-12,14H,3H2,1-2H3. The lowest BCUT2D eigenvalue weighted by Gasteiger charge is -2.20. The van der Waals surface area contributed by atoms with Gasteiger partial charge in [0.25, 0.3) is 0 Å². The highest BCUT2D eigenvalue weighted by Gasteiger charge is 2.29. The second-order valence-corrected chi connectivity index (χ2v) is 6.13. The Bertz CT molecular complexity index is 531. The highest BCUT2D eigenvalue weighted by atomic mass is 32.2. The lowest BCUT2D eigenvalue weighted by molar-refractivity contribution is 0.164. The van der Waals surface area contributed by atoms with Gasteiger partial charge >= 0.3 is 0 Å². The monoisotopic (exact) mass is 253 g/mol. The molecule has 92 valence electrons. The van der Waals surface area contributed by atoms with Crippen molar-refractivity contribution in [3.05, 3.63) is 35.4 Å². The van der Waals surface area contributed by atoms with Gasteiger partial charge in [-0.2, -0.15) is 5.26 Å². The Morgan fingerprint density at radius 1 is 1.47 bits per heavy atom. The molecule has 0 fully saturated rings. The zero-order chi connectivity index (χ0) is 13.1. The minimum atomic E-state index is -3.41. The first-order valence-corrected chi connectivity index (χ1v) is 7.22. The minimum absolute atomic E-state index is 0.342. The zero-order valence-corrected chi connectivity index (χ0v) is 10.6. The molecule has 2 atom stereocenters. The fourth-order valence-electron chi connectivity index (χ4n) is 1.75. The van der Waals surface area contributed by atoms with Gasteiger partial charge in [0.2, 0.25) is 0 Å². The van der Waals surface area contributed by atoms with E-state index >= 15 is 0 Å². The van der Waals surface area contributed by atoms with Crippen molar-refractivity contribution < 1.29 is 13.5 Å². The summed E-state index contributed by atoms with van der Waals surface area (Å²) in [6, 6.07) is 8.29. The average Bonchev–Trinajstić information content (AvgIpc) is 2.27. The number of aliphatic hydroxyl groups is 1. The van der Waals surface area contributed by atoms with Crippen molar-refractivity contribution in [3.63, 3.8) is 0 Å².